The van der Waals surface area contributed by atoms with Gasteiger partial charge in [-0.2, -0.15) is 0 Å². The van der Waals surface area contributed by atoms with Crippen LogP contribution in [0.15, 0.2) is 0 Å². The highest BCUT2D eigenvalue weighted by atomic mass is 79.9. The predicted molar refractivity (Wildman–Crippen MR) is 57.3 cm³/mol. The fourth-order valence-electron chi connectivity index (χ4n) is 7.06. The zero-order chi connectivity index (χ0) is 10.3. The number of alkyl halides is 1. The largest absolute Gasteiger partial charge is 0.389 e. The summed E-state index contributed by atoms with van der Waals surface area (Å²) in [7, 11) is 0. The molecule has 0 aromatic rings. The van der Waals surface area contributed by atoms with Gasteiger partial charge in [0.2, 0.25) is 0 Å². The summed E-state index contributed by atoms with van der Waals surface area (Å²) in [4.78, 5) is 0.263. The van der Waals surface area contributed by atoms with Gasteiger partial charge < -0.3 is 10.2 Å². The van der Waals surface area contributed by atoms with Gasteiger partial charge in [0.25, 0.3) is 0 Å². The lowest BCUT2D eigenvalue weighted by Gasteiger charge is -2.38. The van der Waals surface area contributed by atoms with E-state index in [4.69, 9.17) is 0 Å². The Balaban J connectivity index is 1.88. The Bertz CT molecular complexity index is 393. The summed E-state index contributed by atoms with van der Waals surface area (Å²) < 4.78 is 0. The molecule has 2 N–H and O–H groups in total. The number of hydrogen-bond acceptors (Lipinski definition) is 2. The van der Waals surface area contributed by atoms with Crippen LogP contribution in [0.2, 0.25) is 0 Å². The molecule has 6 aliphatic rings. The minimum atomic E-state index is -0.583. The van der Waals surface area contributed by atoms with Crippen molar-refractivity contribution in [1.82, 2.24) is 0 Å². The number of hydrogen-bond donors (Lipinski definition) is 2. The van der Waals surface area contributed by atoms with Crippen molar-refractivity contribution in [3.63, 3.8) is 0 Å². The number of halogens is 1. The lowest BCUT2D eigenvalue weighted by atomic mass is 9.69. The molecule has 0 aliphatic heterocycles. The van der Waals surface area contributed by atoms with Crippen LogP contribution in [0.1, 0.15) is 13.3 Å². The minimum absolute atomic E-state index is 0.165. The van der Waals surface area contributed by atoms with E-state index in [2.05, 4.69) is 15.9 Å². The molecule has 15 heavy (non-hydrogen) atoms. The monoisotopic (exact) mass is 270 g/mol. The normalized spacial score (nSPS) is 85.6. The van der Waals surface area contributed by atoms with Crippen LogP contribution in [0.4, 0.5) is 0 Å². The van der Waals surface area contributed by atoms with Crippen molar-refractivity contribution < 1.29 is 10.2 Å². The third-order valence-electron chi connectivity index (χ3n) is 6.79. The summed E-state index contributed by atoms with van der Waals surface area (Å²) in [5, 5.41) is 21.6. The topological polar surface area (TPSA) is 40.5 Å². The van der Waals surface area contributed by atoms with Crippen LogP contribution < -0.4 is 0 Å². The summed E-state index contributed by atoms with van der Waals surface area (Å²) in [6.07, 6.45) is 1.28. The second kappa shape index (κ2) is 1.85. The molecule has 82 valence electrons. The van der Waals surface area contributed by atoms with Gasteiger partial charge in [0.1, 0.15) is 0 Å². The maximum Gasteiger partial charge on any atom is 0.0867 e. The van der Waals surface area contributed by atoms with E-state index in [1.165, 1.54) is 6.42 Å². The standard InChI is InChI=1S/C12H15BrO2/c1-11(14)7-3-2-4-6-5(3)9(11)12(15,8(4)7)10(6)13/h3-10,14-15H,2H2,1H3/t3?,4?,5?,6?,7?,8?,9?,10?,11?,12-/m1/s1. The Labute approximate surface area is 97.2 Å². The average Bonchev–Trinajstić information content (AvgIpc) is 2.81. The molecule has 6 aliphatic carbocycles. The van der Waals surface area contributed by atoms with E-state index >= 15 is 0 Å². The maximum absolute atomic E-state index is 10.9. The highest BCUT2D eigenvalue weighted by molar-refractivity contribution is 9.09. The third kappa shape index (κ3) is 0.502. The summed E-state index contributed by atoms with van der Waals surface area (Å²) in [5.74, 6) is 3.70. The Hall–Kier alpha value is 0.400. The van der Waals surface area contributed by atoms with E-state index in [0.717, 1.165) is 5.92 Å². The lowest BCUT2D eigenvalue weighted by molar-refractivity contribution is -0.0700. The Morgan fingerprint density at radius 1 is 1.13 bits per heavy atom. The zero-order valence-electron chi connectivity index (χ0n) is 8.60. The van der Waals surface area contributed by atoms with Crippen molar-refractivity contribution in [3.8, 4) is 0 Å². The highest BCUT2D eigenvalue weighted by Crippen LogP contribution is 2.87. The highest BCUT2D eigenvalue weighted by Gasteiger charge is 2.91. The zero-order valence-corrected chi connectivity index (χ0v) is 10.2. The molecule has 3 heteroatoms. The van der Waals surface area contributed by atoms with Crippen molar-refractivity contribution >= 4 is 15.9 Å². The summed E-state index contributed by atoms with van der Waals surface area (Å²) in [5.41, 5.74) is -1.15. The molecule has 2 nitrogen and oxygen atoms in total. The van der Waals surface area contributed by atoms with Crippen molar-refractivity contribution in [2.24, 2.45) is 41.4 Å². The van der Waals surface area contributed by atoms with E-state index in [-0.39, 0.29) is 10.7 Å². The molecule has 0 saturated heterocycles. The van der Waals surface area contributed by atoms with Gasteiger partial charge in [0.05, 0.1) is 11.2 Å². The van der Waals surface area contributed by atoms with Gasteiger partial charge in [0.15, 0.2) is 0 Å². The molecule has 0 aromatic carbocycles. The molecule has 6 saturated carbocycles. The first kappa shape index (κ1) is 8.48. The first-order chi connectivity index (χ1) is 7.00. The summed E-state index contributed by atoms with van der Waals surface area (Å²) in [6.45, 7) is 1.98. The van der Waals surface area contributed by atoms with Gasteiger partial charge in [-0.3, -0.25) is 0 Å². The van der Waals surface area contributed by atoms with Crippen LogP contribution in [-0.2, 0) is 0 Å². The molecular weight excluding hydrogens is 256 g/mol. The molecule has 10 atom stereocenters. The second-order valence-corrected chi connectivity index (χ2v) is 7.75. The predicted octanol–water partition coefficient (Wildman–Crippen LogP) is 1.00. The molecule has 6 rings (SSSR count). The average molecular weight is 271 g/mol. The third-order valence-corrected chi connectivity index (χ3v) is 8.13. The van der Waals surface area contributed by atoms with Gasteiger partial charge in [-0.1, -0.05) is 15.9 Å². The number of rotatable bonds is 0. The SMILES string of the molecule is CC1(O)C2C3CC4C5C3C1[C@@](O)(C5Br)C42. The molecule has 0 amide bonds. The quantitative estimate of drug-likeness (QED) is 0.645. The Kier molecular flexibility index (Phi) is 1.05. The lowest BCUT2D eigenvalue weighted by Crippen LogP contribution is -2.47. The van der Waals surface area contributed by atoms with E-state index in [9.17, 15) is 10.2 Å². The first-order valence-electron chi connectivity index (χ1n) is 6.09. The van der Waals surface area contributed by atoms with Crippen LogP contribution in [0.3, 0.4) is 0 Å². The maximum atomic E-state index is 10.9. The van der Waals surface area contributed by atoms with Crippen LogP contribution in [-0.4, -0.2) is 26.2 Å². The van der Waals surface area contributed by atoms with Crippen LogP contribution in [0.25, 0.3) is 0 Å². The van der Waals surface area contributed by atoms with E-state index < -0.39 is 11.2 Å². The van der Waals surface area contributed by atoms with Crippen molar-refractivity contribution in [2.75, 3.05) is 0 Å². The molecule has 0 aromatic heterocycles. The van der Waals surface area contributed by atoms with Gasteiger partial charge >= 0.3 is 0 Å². The van der Waals surface area contributed by atoms with Gasteiger partial charge in [-0.05, 0) is 48.9 Å². The Morgan fingerprint density at radius 3 is 2.47 bits per heavy atom. The molecule has 6 bridgehead atoms. The number of aliphatic hydroxyl groups is 2. The molecular formula is C12H15BrO2. The summed E-state index contributed by atoms with van der Waals surface area (Å²) >= 11 is 3.73. The molecule has 9 unspecified atom stereocenters. The van der Waals surface area contributed by atoms with Crippen molar-refractivity contribution in [3.05, 3.63) is 0 Å². The van der Waals surface area contributed by atoms with Gasteiger partial charge in [0, 0.05) is 10.7 Å². The fourth-order valence-corrected chi connectivity index (χ4v) is 8.39. The van der Waals surface area contributed by atoms with E-state index in [1.807, 2.05) is 6.92 Å². The Morgan fingerprint density at radius 2 is 1.80 bits per heavy atom. The van der Waals surface area contributed by atoms with E-state index in [1.54, 1.807) is 0 Å². The molecule has 0 spiro atoms. The van der Waals surface area contributed by atoms with Crippen LogP contribution in [0, 0.1) is 41.4 Å². The van der Waals surface area contributed by atoms with E-state index in [0.29, 0.717) is 29.6 Å². The van der Waals surface area contributed by atoms with Crippen LogP contribution in [0.5, 0.6) is 0 Å². The van der Waals surface area contributed by atoms with Gasteiger partial charge in [-0.15, -0.1) is 0 Å². The molecule has 0 radical (unpaired) electrons. The summed E-state index contributed by atoms with van der Waals surface area (Å²) in [6, 6.07) is 0. The molecule has 0 heterocycles. The fraction of sp³-hybridized carbons (Fsp3) is 1.00. The van der Waals surface area contributed by atoms with Gasteiger partial charge in [-0.25, -0.2) is 0 Å². The smallest absolute Gasteiger partial charge is 0.0867 e. The van der Waals surface area contributed by atoms with Crippen LogP contribution >= 0.6 is 15.9 Å². The molecule has 6 fully saturated rings. The van der Waals surface area contributed by atoms with Crippen molar-refractivity contribution in [1.29, 1.82) is 0 Å². The second-order valence-electron chi connectivity index (χ2n) is 6.76. The minimum Gasteiger partial charge on any atom is -0.389 e. The first-order valence-corrected chi connectivity index (χ1v) is 7.01. The van der Waals surface area contributed by atoms with Crippen molar-refractivity contribution in [2.45, 2.75) is 29.4 Å².